The van der Waals surface area contributed by atoms with Crippen molar-refractivity contribution in [1.82, 2.24) is 19.4 Å². The van der Waals surface area contributed by atoms with Crippen LogP contribution in [0.5, 0.6) is 0 Å². The summed E-state index contributed by atoms with van der Waals surface area (Å²) in [5.74, 6) is 0. The van der Waals surface area contributed by atoms with Gasteiger partial charge in [-0.25, -0.2) is 4.98 Å². The summed E-state index contributed by atoms with van der Waals surface area (Å²) in [6.45, 7) is 7.77. The van der Waals surface area contributed by atoms with Crippen LogP contribution in [0.3, 0.4) is 0 Å². The van der Waals surface area contributed by atoms with Crippen LogP contribution in [0.15, 0.2) is 41.5 Å². The zero-order chi connectivity index (χ0) is 20.5. The number of fused-ring (bicyclic) bond motifs is 3. The lowest BCUT2D eigenvalue weighted by Gasteiger charge is -2.23. The van der Waals surface area contributed by atoms with Crippen LogP contribution >= 0.6 is 11.3 Å². The van der Waals surface area contributed by atoms with E-state index in [0.29, 0.717) is 6.54 Å². The van der Waals surface area contributed by atoms with Gasteiger partial charge in [-0.2, -0.15) is 0 Å². The second kappa shape index (κ2) is 8.49. The van der Waals surface area contributed by atoms with Crippen LogP contribution in [-0.2, 0) is 19.5 Å². The summed E-state index contributed by atoms with van der Waals surface area (Å²) in [6.07, 6.45) is 3.85. The van der Waals surface area contributed by atoms with E-state index in [-0.39, 0.29) is 5.56 Å². The van der Waals surface area contributed by atoms with Crippen molar-refractivity contribution < 1.29 is 0 Å². The summed E-state index contributed by atoms with van der Waals surface area (Å²) in [7, 11) is 2.14. The maximum absolute atomic E-state index is 13.2. The average molecular weight is 424 g/mol. The predicted molar refractivity (Wildman–Crippen MR) is 124 cm³/mol. The van der Waals surface area contributed by atoms with Gasteiger partial charge in [-0.3, -0.25) is 14.3 Å². The van der Waals surface area contributed by atoms with Crippen molar-refractivity contribution in [1.29, 1.82) is 0 Å². The molecule has 0 radical (unpaired) electrons. The zero-order valence-corrected chi connectivity index (χ0v) is 18.4. The van der Waals surface area contributed by atoms with Crippen molar-refractivity contribution in [2.24, 2.45) is 0 Å². The minimum absolute atomic E-state index is 0.141. The molecule has 7 heteroatoms. The Hall–Kier alpha value is -2.22. The Morgan fingerprint density at radius 3 is 2.77 bits per heavy atom. The smallest absolute Gasteiger partial charge is 0.262 e. The number of rotatable bonds is 4. The molecule has 2 aliphatic rings. The first-order chi connectivity index (χ1) is 14.7. The van der Waals surface area contributed by atoms with Crippen LogP contribution in [0.4, 0.5) is 5.69 Å². The first-order valence-electron chi connectivity index (χ1n) is 10.9. The fourth-order valence-corrected chi connectivity index (χ4v) is 5.90. The third-order valence-electron chi connectivity index (χ3n) is 6.39. The summed E-state index contributed by atoms with van der Waals surface area (Å²) in [5, 5.41) is 0.872. The summed E-state index contributed by atoms with van der Waals surface area (Å²) < 4.78 is 1.83. The van der Waals surface area contributed by atoms with Crippen molar-refractivity contribution in [3.63, 3.8) is 0 Å². The van der Waals surface area contributed by atoms with Gasteiger partial charge in [0, 0.05) is 56.4 Å². The molecule has 0 unspecified atom stereocenters. The van der Waals surface area contributed by atoms with Gasteiger partial charge >= 0.3 is 0 Å². The Kier molecular flexibility index (Phi) is 5.58. The van der Waals surface area contributed by atoms with Crippen molar-refractivity contribution in [2.45, 2.75) is 25.9 Å². The molecule has 1 saturated heterocycles. The molecular formula is C23H29N5OS. The highest BCUT2D eigenvalue weighted by Crippen LogP contribution is 2.31. The molecule has 0 amide bonds. The third-order valence-corrected chi connectivity index (χ3v) is 7.51. The monoisotopic (exact) mass is 423 g/mol. The van der Waals surface area contributed by atoms with Gasteiger partial charge in [0.1, 0.15) is 4.83 Å². The van der Waals surface area contributed by atoms with Gasteiger partial charge in [-0.1, -0.05) is 18.2 Å². The Labute approximate surface area is 181 Å². The molecule has 158 valence electrons. The minimum atomic E-state index is 0.141. The summed E-state index contributed by atoms with van der Waals surface area (Å²) >= 11 is 1.69. The van der Waals surface area contributed by atoms with Gasteiger partial charge in [-0.15, -0.1) is 11.3 Å². The van der Waals surface area contributed by atoms with E-state index in [1.54, 1.807) is 17.7 Å². The molecule has 0 spiro atoms. The largest absolute Gasteiger partial charge is 0.370 e. The molecule has 0 bridgehead atoms. The molecule has 6 nitrogen and oxygen atoms in total. The first-order valence-corrected chi connectivity index (χ1v) is 11.7. The lowest BCUT2D eigenvalue weighted by atomic mass is 10.1. The number of nitrogens with zero attached hydrogens (tertiary/aromatic N) is 5. The molecule has 30 heavy (non-hydrogen) atoms. The molecular weight excluding hydrogens is 394 g/mol. The van der Waals surface area contributed by atoms with E-state index in [1.165, 1.54) is 16.1 Å². The number of likely N-dealkylation sites (N-methyl/N-ethyl adjacent to an activating group) is 1. The maximum Gasteiger partial charge on any atom is 0.262 e. The first kappa shape index (κ1) is 19.7. The van der Waals surface area contributed by atoms with Crippen LogP contribution in [0.25, 0.3) is 10.2 Å². The quantitative estimate of drug-likeness (QED) is 0.646. The number of aromatic nitrogens is 2. The number of benzene rings is 1. The normalized spacial score (nSPS) is 18.5. The van der Waals surface area contributed by atoms with Crippen LogP contribution in [0, 0.1) is 0 Å². The van der Waals surface area contributed by atoms with Gasteiger partial charge in [0.15, 0.2) is 0 Å². The Morgan fingerprint density at radius 2 is 1.90 bits per heavy atom. The lowest BCUT2D eigenvalue weighted by Crippen LogP contribution is -2.34. The van der Waals surface area contributed by atoms with Crippen LogP contribution in [0.2, 0.25) is 0 Å². The topological polar surface area (TPSA) is 44.6 Å². The van der Waals surface area contributed by atoms with Gasteiger partial charge < -0.3 is 9.80 Å². The van der Waals surface area contributed by atoms with E-state index >= 15 is 0 Å². The lowest BCUT2D eigenvalue weighted by molar-refractivity contribution is 0.279. The third kappa shape index (κ3) is 3.89. The average Bonchev–Trinajstić information content (AvgIpc) is 2.96. The fraction of sp³-hybridized carbons (Fsp3) is 0.478. The SMILES string of the molecule is CN1CCc2c(sc3ncn(CCN4CCCN(c5ccccc5)CC4)c(=O)c23)C1. The van der Waals surface area contributed by atoms with E-state index in [4.69, 9.17) is 0 Å². The molecule has 0 saturated carbocycles. The standard InChI is InChI=1S/C23H29N5OS/c1-25-11-8-19-20(16-25)30-22-21(19)23(29)28(17-24-22)15-13-26-9-5-10-27(14-12-26)18-6-3-2-4-7-18/h2-4,6-7,17H,5,8-16H2,1H3. The molecule has 3 aromatic rings. The molecule has 0 N–H and O–H groups in total. The van der Waals surface area contributed by atoms with E-state index < -0.39 is 0 Å². The number of hydrogen-bond acceptors (Lipinski definition) is 6. The van der Waals surface area contributed by atoms with Crippen molar-refractivity contribution in [3.8, 4) is 0 Å². The van der Waals surface area contributed by atoms with Crippen molar-refractivity contribution >= 4 is 27.2 Å². The number of thiophene rings is 1. The van der Waals surface area contributed by atoms with Crippen molar-refractivity contribution in [3.05, 3.63) is 57.5 Å². The molecule has 2 aliphatic heterocycles. The van der Waals surface area contributed by atoms with Crippen LogP contribution in [-0.4, -0.2) is 65.7 Å². The molecule has 0 aliphatic carbocycles. The molecule has 4 heterocycles. The second-order valence-electron chi connectivity index (χ2n) is 8.43. The second-order valence-corrected chi connectivity index (χ2v) is 9.52. The van der Waals surface area contributed by atoms with Crippen molar-refractivity contribution in [2.75, 3.05) is 51.2 Å². The molecule has 2 aromatic heterocycles. The Morgan fingerprint density at radius 1 is 1.03 bits per heavy atom. The van der Waals surface area contributed by atoms with E-state index in [1.807, 2.05) is 4.57 Å². The van der Waals surface area contributed by atoms with E-state index in [0.717, 1.165) is 68.9 Å². The number of para-hydroxylation sites is 1. The fourth-order valence-electron chi connectivity index (χ4n) is 4.65. The molecule has 0 atom stereocenters. The van der Waals surface area contributed by atoms with Gasteiger partial charge in [0.2, 0.25) is 0 Å². The molecule has 5 rings (SSSR count). The Balaban J connectivity index is 1.27. The zero-order valence-electron chi connectivity index (χ0n) is 17.6. The molecule has 1 aromatic carbocycles. The summed E-state index contributed by atoms with van der Waals surface area (Å²) in [6, 6.07) is 10.7. The molecule has 1 fully saturated rings. The summed E-state index contributed by atoms with van der Waals surface area (Å²) in [4.78, 5) is 27.3. The van der Waals surface area contributed by atoms with E-state index in [2.05, 4.69) is 57.1 Å². The summed E-state index contributed by atoms with van der Waals surface area (Å²) in [5.41, 5.74) is 2.69. The van der Waals surface area contributed by atoms with Crippen LogP contribution in [0.1, 0.15) is 16.9 Å². The number of anilines is 1. The highest BCUT2D eigenvalue weighted by atomic mass is 32.1. The highest BCUT2D eigenvalue weighted by molar-refractivity contribution is 7.18. The van der Waals surface area contributed by atoms with Gasteiger partial charge in [0.25, 0.3) is 5.56 Å². The van der Waals surface area contributed by atoms with Crippen LogP contribution < -0.4 is 10.5 Å². The Bertz CT molecular complexity index is 1080. The maximum atomic E-state index is 13.2. The van der Waals surface area contributed by atoms with E-state index in [9.17, 15) is 4.79 Å². The van der Waals surface area contributed by atoms with Gasteiger partial charge in [0.05, 0.1) is 11.7 Å². The number of hydrogen-bond donors (Lipinski definition) is 0. The highest BCUT2D eigenvalue weighted by Gasteiger charge is 2.22. The predicted octanol–water partition coefficient (Wildman–Crippen LogP) is 2.66. The minimum Gasteiger partial charge on any atom is -0.370 e. The van der Waals surface area contributed by atoms with Gasteiger partial charge in [-0.05, 0) is 44.1 Å².